The second-order valence-corrected chi connectivity index (χ2v) is 9.57. The van der Waals surface area contributed by atoms with Gasteiger partial charge in [0.05, 0.1) is 11.7 Å². The van der Waals surface area contributed by atoms with E-state index in [0.717, 1.165) is 5.39 Å². The number of aromatic nitrogens is 4. The molecule has 1 aromatic carbocycles. The summed E-state index contributed by atoms with van der Waals surface area (Å²) in [6.45, 7) is 5.49. The zero-order valence-electron chi connectivity index (χ0n) is 19.6. The summed E-state index contributed by atoms with van der Waals surface area (Å²) in [6.07, 6.45) is -2.88. The highest BCUT2D eigenvalue weighted by Gasteiger charge is 2.48. The molecular weight excluding hydrogens is 459 g/mol. The fraction of sp³-hybridized carbons (Fsp3) is 0.400. The number of halogens is 3. The predicted octanol–water partition coefficient (Wildman–Crippen LogP) is 4.79. The number of pyridine rings is 2. The number of alkyl halides is 3. The molecule has 4 aromatic rings. The van der Waals surface area contributed by atoms with E-state index in [1.807, 2.05) is 38.1 Å². The van der Waals surface area contributed by atoms with E-state index < -0.39 is 17.8 Å². The lowest BCUT2D eigenvalue weighted by molar-refractivity contribution is -0.185. The number of benzene rings is 1. The minimum absolute atomic E-state index is 0.0480. The molecule has 35 heavy (non-hydrogen) atoms. The number of fused-ring (bicyclic) bond motifs is 2. The lowest BCUT2D eigenvalue weighted by Gasteiger charge is -2.30. The predicted molar refractivity (Wildman–Crippen MR) is 125 cm³/mol. The number of β-amino-alcohol motifs (C(OH)–C–C–N with tert-alkyl or cyclic N) is 1. The Morgan fingerprint density at radius 3 is 2.57 bits per heavy atom. The number of para-hydroxylation sites is 1. The van der Waals surface area contributed by atoms with Crippen LogP contribution >= 0.6 is 0 Å². The maximum Gasteiger partial charge on any atom is 0.408 e. The first-order valence-corrected chi connectivity index (χ1v) is 11.5. The molecule has 5 rings (SSSR count). The summed E-state index contributed by atoms with van der Waals surface area (Å²) in [5.74, 6) is 0.949. The molecule has 4 heterocycles. The van der Waals surface area contributed by atoms with Gasteiger partial charge < -0.3 is 9.84 Å². The molecule has 1 fully saturated rings. The Balaban J connectivity index is 1.60. The first-order valence-electron chi connectivity index (χ1n) is 11.5. The van der Waals surface area contributed by atoms with Crippen LogP contribution in [0, 0.1) is 0 Å². The van der Waals surface area contributed by atoms with Gasteiger partial charge in [-0.05, 0) is 51.0 Å². The molecule has 184 valence electrons. The fourth-order valence-corrected chi connectivity index (χ4v) is 4.64. The van der Waals surface area contributed by atoms with Crippen LogP contribution in [0.3, 0.4) is 0 Å². The van der Waals surface area contributed by atoms with Crippen LogP contribution in [-0.4, -0.2) is 60.6 Å². The summed E-state index contributed by atoms with van der Waals surface area (Å²) >= 11 is 0. The molecule has 0 saturated carbocycles. The second kappa shape index (κ2) is 8.46. The lowest BCUT2D eigenvalue weighted by atomic mass is 10.1. The van der Waals surface area contributed by atoms with Crippen LogP contribution in [0.2, 0.25) is 0 Å². The third-order valence-corrected chi connectivity index (χ3v) is 6.17. The van der Waals surface area contributed by atoms with Crippen LogP contribution in [0.5, 0.6) is 5.75 Å². The van der Waals surface area contributed by atoms with E-state index in [9.17, 15) is 18.3 Å². The Bertz CT molecular complexity index is 1380. The zero-order valence-corrected chi connectivity index (χ0v) is 19.6. The van der Waals surface area contributed by atoms with Gasteiger partial charge in [-0.25, -0.2) is 4.98 Å². The van der Waals surface area contributed by atoms with Crippen LogP contribution in [0.15, 0.2) is 48.7 Å². The molecule has 1 aliphatic heterocycles. The highest BCUT2D eigenvalue weighted by atomic mass is 19.4. The van der Waals surface area contributed by atoms with E-state index in [0.29, 0.717) is 28.4 Å². The van der Waals surface area contributed by atoms with Crippen LogP contribution in [0.1, 0.15) is 38.8 Å². The van der Waals surface area contributed by atoms with Crippen molar-refractivity contribution in [3.63, 3.8) is 0 Å². The van der Waals surface area contributed by atoms with Gasteiger partial charge in [0.15, 0.2) is 11.5 Å². The topological polar surface area (TPSA) is 75.8 Å². The summed E-state index contributed by atoms with van der Waals surface area (Å²) in [5.41, 5.74) is 0.411. The van der Waals surface area contributed by atoms with E-state index in [1.54, 1.807) is 13.0 Å². The Kier molecular flexibility index (Phi) is 5.68. The number of ether oxygens (including phenoxy) is 1. The molecule has 1 aliphatic rings. The van der Waals surface area contributed by atoms with Gasteiger partial charge in [0.2, 0.25) is 0 Å². The molecule has 0 radical (unpaired) electrons. The van der Waals surface area contributed by atoms with Crippen LogP contribution < -0.4 is 4.74 Å². The Morgan fingerprint density at radius 2 is 1.89 bits per heavy atom. The second-order valence-electron chi connectivity index (χ2n) is 9.57. The average molecular weight is 486 g/mol. The smallest absolute Gasteiger partial charge is 0.408 e. The van der Waals surface area contributed by atoms with Crippen molar-refractivity contribution in [2.45, 2.75) is 51.1 Å². The van der Waals surface area contributed by atoms with Gasteiger partial charge in [0, 0.05) is 24.7 Å². The highest BCUT2D eigenvalue weighted by Crippen LogP contribution is 2.41. The maximum absolute atomic E-state index is 14.2. The van der Waals surface area contributed by atoms with Gasteiger partial charge in [-0.3, -0.25) is 9.30 Å². The molecule has 7 nitrogen and oxygen atoms in total. The summed E-state index contributed by atoms with van der Waals surface area (Å²) in [5, 5.41) is 19.5. The van der Waals surface area contributed by atoms with Crippen LogP contribution in [0.25, 0.3) is 28.1 Å². The monoisotopic (exact) mass is 485 g/mol. The van der Waals surface area contributed by atoms with E-state index in [-0.39, 0.29) is 31.2 Å². The number of rotatable bonds is 5. The molecule has 10 heteroatoms. The summed E-state index contributed by atoms with van der Waals surface area (Å²) < 4.78 is 50.0. The number of hydrogen-bond acceptors (Lipinski definition) is 6. The molecule has 0 bridgehead atoms. The number of likely N-dealkylation sites (tertiary alicyclic amines) is 1. The van der Waals surface area contributed by atoms with Crippen molar-refractivity contribution < 1.29 is 23.0 Å². The van der Waals surface area contributed by atoms with Crippen molar-refractivity contribution in [3.8, 4) is 17.3 Å². The number of nitrogens with zero attached hydrogens (tertiary/aromatic N) is 5. The summed E-state index contributed by atoms with van der Waals surface area (Å²) in [7, 11) is 0. The molecule has 0 aliphatic carbocycles. The summed E-state index contributed by atoms with van der Waals surface area (Å²) in [4.78, 5) is 6.00. The largest absolute Gasteiger partial charge is 0.489 e. The molecule has 2 atom stereocenters. The fourth-order valence-electron chi connectivity index (χ4n) is 4.64. The molecule has 1 N–H and O–H groups in total. The molecule has 2 unspecified atom stereocenters. The first kappa shape index (κ1) is 23.5. The number of aliphatic hydroxyl groups is 1. The third-order valence-electron chi connectivity index (χ3n) is 6.17. The van der Waals surface area contributed by atoms with Gasteiger partial charge >= 0.3 is 6.18 Å². The molecule has 1 saturated heterocycles. The SMILES string of the molecule is CC(C)Oc1cccc2ccc(-c3nnc4ccc(C(N5CCC(C)(O)C5)C(F)(F)F)cn34)nc12. The Morgan fingerprint density at radius 1 is 1.09 bits per heavy atom. The Labute approximate surface area is 200 Å². The van der Waals surface area contributed by atoms with Gasteiger partial charge in [0.1, 0.15) is 23.0 Å². The van der Waals surface area contributed by atoms with Gasteiger partial charge in [-0.2, -0.15) is 13.2 Å². The van der Waals surface area contributed by atoms with Crippen molar-refractivity contribution in [1.82, 2.24) is 24.5 Å². The molecule has 3 aromatic heterocycles. The van der Waals surface area contributed by atoms with Crippen molar-refractivity contribution in [1.29, 1.82) is 0 Å². The number of hydrogen-bond donors (Lipinski definition) is 1. The normalized spacial score (nSPS) is 20.2. The van der Waals surface area contributed by atoms with Crippen LogP contribution in [-0.2, 0) is 0 Å². The van der Waals surface area contributed by atoms with Gasteiger partial charge in [0.25, 0.3) is 0 Å². The minimum atomic E-state index is -4.52. The zero-order chi connectivity index (χ0) is 25.0. The maximum atomic E-state index is 14.2. The molecular formula is C25H26F3N5O2. The van der Waals surface area contributed by atoms with E-state index in [4.69, 9.17) is 9.72 Å². The quantitative estimate of drug-likeness (QED) is 0.438. The van der Waals surface area contributed by atoms with E-state index >= 15 is 0 Å². The molecule has 0 amide bonds. The minimum Gasteiger partial charge on any atom is -0.489 e. The van der Waals surface area contributed by atoms with Crippen molar-refractivity contribution in [2.24, 2.45) is 0 Å². The molecule has 0 spiro atoms. The summed E-state index contributed by atoms with van der Waals surface area (Å²) in [6, 6.07) is 10.4. The highest BCUT2D eigenvalue weighted by molar-refractivity contribution is 5.86. The van der Waals surface area contributed by atoms with Gasteiger partial charge in [-0.15, -0.1) is 10.2 Å². The average Bonchev–Trinajstić information content (AvgIpc) is 3.35. The van der Waals surface area contributed by atoms with E-state index in [1.165, 1.54) is 27.6 Å². The lowest BCUT2D eigenvalue weighted by Crippen LogP contribution is -2.39. The van der Waals surface area contributed by atoms with Crippen molar-refractivity contribution in [3.05, 3.63) is 54.2 Å². The van der Waals surface area contributed by atoms with E-state index in [2.05, 4.69) is 10.2 Å². The van der Waals surface area contributed by atoms with Gasteiger partial charge in [-0.1, -0.05) is 24.3 Å². The Hall–Kier alpha value is -3.24. The first-order chi connectivity index (χ1) is 16.5. The third kappa shape index (κ3) is 4.55. The standard InChI is InChI=1S/C25H26F3N5O2/c1-15(2)35-19-6-4-5-16-7-9-18(29-21(16)19)23-31-30-20-10-8-17(13-33(20)23)22(25(26,27)28)32-12-11-24(3,34)14-32/h4-10,13,15,22,34H,11-12,14H2,1-3H3. The van der Waals surface area contributed by atoms with Crippen LogP contribution in [0.4, 0.5) is 13.2 Å². The van der Waals surface area contributed by atoms with Crippen molar-refractivity contribution >= 4 is 16.6 Å². The van der Waals surface area contributed by atoms with Crippen molar-refractivity contribution in [2.75, 3.05) is 13.1 Å².